The van der Waals surface area contributed by atoms with Gasteiger partial charge in [-0.3, -0.25) is 4.79 Å². The van der Waals surface area contributed by atoms with Gasteiger partial charge in [-0.05, 0) is 77.0 Å². The first-order valence-electron chi connectivity index (χ1n) is 11.7. The number of aryl methyl sites for hydroxylation is 1. The highest BCUT2D eigenvalue weighted by Gasteiger charge is 2.58. The fourth-order valence-corrected chi connectivity index (χ4v) is 5.40. The molecule has 1 fully saturated rings. The largest absolute Gasteiger partial charge is 0.598 e. The maximum Gasteiger partial charge on any atom is 0.307 e. The van der Waals surface area contributed by atoms with E-state index < -0.39 is 52.2 Å². The minimum atomic E-state index is -3.55. The van der Waals surface area contributed by atoms with Crippen molar-refractivity contribution in [2.24, 2.45) is 11.8 Å². The minimum absolute atomic E-state index is 0.0636. The zero-order valence-electron chi connectivity index (χ0n) is 20.6. The Morgan fingerprint density at radius 1 is 1.26 bits per heavy atom. The molecule has 3 rings (SSSR count). The van der Waals surface area contributed by atoms with E-state index in [2.05, 4.69) is 4.72 Å². The third-order valence-corrected chi connectivity index (χ3v) is 7.98. The van der Waals surface area contributed by atoms with Gasteiger partial charge in [-0.2, -0.15) is 0 Å². The van der Waals surface area contributed by atoms with Crippen LogP contribution in [0.2, 0.25) is 0 Å². The lowest BCUT2D eigenvalue weighted by Crippen LogP contribution is -2.54. The van der Waals surface area contributed by atoms with Crippen molar-refractivity contribution in [3.05, 3.63) is 52.4 Å². The Morgan fingerprint density at radius 2 is 1.88 bits per heavy atom. The number of rotatable bonds is 8. The number of halogens is 3. The van der Waals surface area contributed by atoms with Gasteiger partial charge in [0.15, 0.2) is 0 Å². The van der Waals surface area contributed by atoms with Crippen molar-refractivity contribution >= 4 is 22.9 Å². The highest BCUT2D eigenvalue weighted by Crippen LogP contribution is 2.57. The summed E-state index contributed by atoms with van der Waals surface area (Å²) >= 11 is -1.81. The van der Waals surface area contributed by atoms with Gasteiger partial charge in [-0.25, -0.2) is 13.2 Å². The minimum Gasteiger partial charge on any atom is -0.598 e. The number of carbonyl (C=O) groups excluding carboxylic acids is 1. The molecule has 0 aromatic heterocycles. The molecule has 188 valence electrons. The lowest BCUT2D eigenvalue weighted by molar-refractivity contribution is -0.144. The first-order valence-corrected chi connectivity index (χ1v) is 12.8. The highest BCUT2D eigenvalue weighted by molar-refractivity contribution is 7.90. The predicted molar refractivity (Wildman–Crippen MR) is 129 cm³/mol. The molecule has 0 heterocycles. The van der Waals surface area contributed by atoms with E-state index in [1.54, 1.807) is 46.8 Å². The van der Waals surface area contributed by atoms with Gasteiger partial charge >= 0.3 is 5.97 Å². The van der Waals surface area contributed by atoms with Crippen LogP contribution in [0.25, 0.3) is 5.57 Å². The first kappa shape index (κ1) is 26.8. The fraction of sp³-hybridized carbons (Fsp3) is 0.577. The molecule has 0 amide bonds. The van der Waals surface area contributed by atoms with Crippen molar-refractivity contribution in [3.8, 4) is 0 Å². The van der Waals surface area contributed by atoms with E-state index in [-0.39, 0.29) is 29.2 Å². The third-order valence-electron chi connectivity index (χ3n) is 6.35. The van der Waals surface area contributed by atoms with Crippen LogP contribution in [0.3, 0.4) is 0 Å². The van der Waals surface area contributed by atoms with E-state index in [9.17, 15) is 9.35 Å². The van der Waals surface area contributed by atoms with Gasteiger partial charge in [0.25, 0.3) is 5.92 Å². The Kier molecular flexibility index (Phi) is 7.95. The van der Waals surface area contributed by atoms with E-state index >= 15 is 13.2 Å². The summed E-state index contributed by atoms with van der Waals surface area (Å²) in [7, 11) is 0. The second-order valence-electron chi connectivity index (χ2n) is 10.1. The molecular formula is C26H34F3NO3S. The van der Waals surface area contributed by atoms with Crippen molar-refractivity contribution in [1.29, 1.82) is 0 Å². The number of nitrogens with one attached hydrogen (secondary N) is 1. The lowest BCUT2D eigenvalue weighted by Gasteiger charge is -2.40. The summed E-state index contributed by atoms with van der Waals surface area (Å²) in [5.74, 6) is -7.61. The molecule has 4 nitrogen and oxygen atoms in total. The van der Waals surface area contributed by atoms with Crippen molar-refractivity contribution in [3.63, 3.8) is 0 Å². The molecule has 8 heteroatoms. The normalized spacial score (nSPS) is 22.6. The van der Waals surface area contributed by atoms with Crippen LogP contribution in [0.1, 0.15) is 65.0 Å². The molecule has 1 aromatic rings. The van der Waals surface area contributed by atoms with Crippen LogP contribution in [0.5, 0.6) is 0 Å². The van der Waals surface area contributed by atoms with Gasteiger partial charge in [0.05, 0.1) is 25.0 Å². The summed E-state index contributed by atoms with van der Waals surface area (Å²) in [6.07, 6.45) is 0.699. The van der Waals surface area contributed by atoms with Crippen LogP contribution >= 0.6 is 0 Å². The first-order chi connectivity index (χ1) is 15.8. The van der Waals surface area contributed by atoms with Crippen molar-refractivity contribution in [2.45, 2.75) is 77.5 Å². The van der Waals surface area contributed by atoms with E-state index in [1.165, 1.54) is 0 Å². The predicted octanol–water partition coefficient (Wildman–Crippen LogP) is 6.04. The Bertz CT molecular complexity index is 995. The number of hydrogen-bond acceptors (Lipinski definition) is 4. The number of hydrogen-bond donors (Lipinski definition) is 1. The summed E-state index contributed by atoms with van der Waals surface area (Å²) < 4.78 is 68.3. The Balaban J connectivity index is 2.19. The quantitative estimate of drug-likeness (QED) is 0.351. The third kappa shape index (κ3) is 5.39. The molecule has 3 unspecified atom stereocenters. The van der Waals surface area contributed by atoms with E-state index in [4.69, 9.17) is 4.74 Å². The highest BCUT2D eigenvalue weighted by atomic mass is 32.2. The molecule has 0 saturated heterocycles. The molecule has 2 aliphatic rings. The van der Waals surface area contributed by atoms with Gasteiger partial charge < -0.3 is 9.29 Å². The van der Waals surface area contributed by atoms with Crippen LogP contribution in [0, 0.1) is 18.8 Å². The monoisotopic (exact) mass is 497 g/mol. The van der Waals surface area contributed by atoms with Gasteiger partial charge in [-0.1, -0.05) is 24.3 Å². The number of benzene rings is 1. The molecule has 3 atom stereocenters. The summed E-state index contributed by atoms with van der Waals surface area (Å²) in [6, 6.07) is 5.67. The van der Waals surface area contributed by atoms with Gasteiger partial charge in [-0.15, -0.1) is 4.72 Å². The molecule has 1 aromatic carbocycles. The van der Waals surface area contributed by atoms with Crippen molar-refractivity contribution in [1.82, 2.24) is 4.72 Å². The number of carbonyl (C=O) groups is 1. The number of ether oxygens (including phenoxy) is 1. The van der Waals surface area contributed by atoms with Crippen molar-refractivity contribution in [2.75, 3.05) is 6.61 Å². The Labute approximate surface area is 203 Å². The molecule has 1 N–H and O–H groups in total. The summed E-state index contributed by atoms with van der Waals surface area (Å²) in [5, 5.41) is 0. The van der Waals surface area contributed by atoms with Gasteiger partial charge in [0.2, 0.25) is 0 Å². The zero-order valence-corrected chi connectivity index (χ0v) is 21.5. The van der Waals surface area contributed by atoms with E-state index in [1.807, 2.05) is 19.1 Å². The number of alkyl halides is 2. The van der Waals surface area contributed by atoms with E-state index in [0.29, 0.717) is 18.4 Å². The average molecular weight is 498 g/mol. The Hall–Kier alpha value is -1.77. The number of esters is 1. The zero-order chi connectivity index (χ0) is 25.4. The summed E-state index contributed by atoms with van der Waals surface area (Å²) in [4.78, 5) is 12.4. The number of allylic oxidation sites excluding steroid dienone is 3. The second-order valence-corrected chi connectivity index (χ2v) is 12.1. The van der Waals surface area contributed by atoms with Crippen LogP contribution in [0.4, 0.5) is 13.2 Å². The summed E-state index contributed by atoms with van der Waals surface area (Å²) in [5.41, 5.74) is 1.63. The molecule has 0 radical (unpaired) electrons. The Morgan fingerprint density at radius 3 is 2.41 bits per heavy atom. The molecule has 0 bridgehead atoms. The van der Waals surface area contributed by atoms with E-state index in [0.717, 1.165) is 5.56 Å². The molecule has 0 spiro atoms. The fourth-order valence-electron chi connectivity index (χ4n) is 4.55. The maximum atomic E-state index is 16.3. The molecule has 1 saturated carbocycles. The van der Waals surface area contributed by atoms with Crippen molar-refractivity contribution < 1.29 is 27.3 Å². The van der Waals surface area contributed by atoms with Gasteiger partial charge in [0.1, 0.15) is 10.6 Å². The average Bonchev–Trinajstić information content (AvgIpc) is 3.53. The lowest BCUT2D eigenvalue weighted by atomic mass is 9.73. The SMILES string of the molecule is CCOC(=O)CC(N[S+]([O-])C(C)(C)C)C1C(F)=C(c2ccccc2C)C(C)=C(C2CC2)C1(F)F. The van der Waals surface area contributed by atoms with Gasteiger partial charge in [0, 0.05) is 22.5 Å². The smallest absolute Gasteiger partial charge is 0.307 e. The molecular weight excluding hydrogens is 463 g/mol. The van der Waals surface area contributed by atoms with Crippen LogP contribution < -0.4 is 4.72 Å². The standard InChI is InChI=1S/C26H34F3NO3S/c1-7-33-20(31)14-19(30-34(32)25(4,5)6)23-24(27)21(18-11-9-8-10-15(18)2)16(3)22(17-12-13-17)26(23,28)29/h8-11,17,19,23,30H,7,12-14H2,1-6H3. The molecule has 34 heavy (non-hydrogen) atoms. The van der Waals surface area contributed by atoms with Crippen LogP contribution in [-0.4, -0.2) is 33.8 Å². The van der Waals surface area contributed by atoms with Crippen LogP contribution in [-0.2, 0) is 20.9 Å². The molecule has 2 aliphatic carbocycles. The summed E-state index contributed by atoms with van der Waals surface area (Å²) in [6.45, 7) is 10.1. The second kappa shape index (κ2) is 10.1. The maximum absolute atomic E-state index is 16.3. The molecule has 0 aliphatic heterocycles. The van der Waals surface area contributed by atoms with Crippen LogP contribution in [0.15, 0.2) is 41.2 Å². The topological polar surface area (TPSA) is 61.4 Å².